The fourth-order valence-corrected chi connectivity index (χ4v) is 6.79. The molecular formula is C28H54N6O8. The number of aliphatic hydroxyl groups excluding tert-OH is 3. The highest BCUT2D eigenvalue weighted by molar-refractivity contribution is 5.80. The summed E-state index contributed by atoms with van der Waals surface area (Å²) in [6, 6.07) is -1.74. The number of nitrogens with one attached hydrogen (secondary N) is 2. The van der Waals surface area contributed by atoms with Crippen LogP contribution in [0.1, 0.15) is 46.0 Å². The number of allylic oxidation sites excluding steroid dienone is 1. The van der Waals surface area contributed by atoms with Gasteiger partial charge in [0.05, 0.1) is 31.4 Å². The van der Waals surface area contributed by atoms with Crippen LogP contribution in [0.2, 0.25) is 0 Å². The van der Waals surface area contributed by atoms with Gasteiger partial charge in [-0.1, -0.05) is 6.92 Å². The minimum atomic E-state index is -1.33. The summed E-state index contributed by atoms with van der Waals surface area (Å²) in [6.07, 6.45) is -1.64. The van der Waals surface area contributed by atoms with Gasteiger partial charge in [0.15, 0.2) is 6.29 Å². The number of amides is 1. The van der Waals surface area contributed by atoms with Crippen molar-refractivity contribution in [3.05, 3.63) is 11.8 Å². The van der Waals surface area contributed by atoms with Crippen LogP contribution in [0, 0.1) is 17.8 Å². The minimum Gasteiger partial charge on any atom is -0.493 e. The van der Waals surface area contributed by atoms with Gasteiger partial charge in [0, 0.05) is 30.5 Å². The van der Waals surface area contributed by atoms with E-state index < -0.39 is 66.3 Å². The Hall–Kier alpha value is -1.43. The van der Waals surface area contributed by atoms with E-state index in [1.165, 1.54) is 0 Å². The lowest BCUT2D eigenvalue weighted by molar-refractivity contribution is -0.282. The first-order chi connectivity index (χ1) is 19.9. The van der Waals surface area contributed by atoms with Gasteiger partial charge in [0.2, 0.25) is 5.91 Å². The SMILES string of the molecule is CN[C@@H]1[C@@H](C)[C@@H](O[C@@H]2[C@@H](O)[C@H](C3OC(CN)=CC[C@H]3CCC(O)CN)[C@@H](N)C[C@H]2NC(=O)[C@@H](O)CCN)OC[C@]1(C)O. The lowest BCUT2D eigenvalue weighted by Crippen LogP contribution is -2.67. The van der Waals surface area contributed by atoms with E-state index in [1.54, 1.807) is 14.0 Å². The van der Waals surface area contributed by atoms with E-state index in [4.69, 9.17) is 37.1 Å². The summed E-state index contributed by atoms with van der Waals surface area (Å²) in [5.74, 6) is -1.08. The van der Waals surface area contributed by atoms with Crippen molar-refractivity contribution in [1.82, 2.24) is 10.6 Å². The molecular weight excluding hydrogens is 548 g/mol. The van der Waals surface area contributed by atoms with E-state index in [1.807, 2.05) is 13.0 Å². The van der Waals surface area contributed by atoms with Gasteiger partial charge < -0.3 is 68.2 Å². The molecule has 1 saturated carbocycles. The summed E-state index contributed by atoms with van der Waals surface area (Å²) < 4.78 is 18.7. The number of carbonyl (C=O) groups excluding carboxylic acids is 1. The van der Waals surface area contributed by atoms with Crippen molar-refractivity contribution in [2.45, 2.75) is 106 Å². The summed E-state index contributed by atoms with van der Waals surface area (Å²) in [5.41, 5.74) is 22.6. The van der Waals surface area contributed by atoms with Crippen LogP contribution in [0.25, 0.3) is 0 Å². The smallest absolute Gasteiger partial charge is 0.249 e. The van der Waals surface area contributed by atoms with Crippen molar-refractivity contribution in [2.24, 2.45) is 40.7 Å². The zero-order valence-electron chi connectivity index (χ0n) is 25.1. The lowest BCUT2D eigenvalue weighted by Gasteiger charge is -2.51. The van der Waals surface area contributed by atoms with Crippen molar-refractivity contribution >= 4 is 5.91 Å². The third-order valence-corrected chi connectivity index (χ3v) is 9.11. The Morgan fingerprint density at radius 2 is 1.98 bits per heavy atom. The monoisotopic (exact) mass is 602 g/mol. The fraction of sp³-hybridized carbons (Fsp3) is 0.893. The predicted octanol–water partition coefficient (Wildman–Crippen LogP) is -3.05. The standard InChI is InChI=1S/C28H54N6O8/c1-14-25(33-3)28(2,39)13-40-27(14)42-24-19(34-26(38)20(36)8-9-29)10-18(32)21(22(24)37)23-15(4-6-16(35)11-30)5-7-17(12-31)41-23/h7,14-16,18-25,27,33,35-37,39H,4-6,8-13,29-32H2,1-3H3,(H,34,38)/t14-,15-,16?,18+,19-,20+,21-,22+,23?,24+,25-,27-,28+/m1/s1. The van der Waals surface area contributed by atoms with E-state index in [9.17, 15) is 25.2 Å². The molecule has 0 aromatic carbocycles. The van der Waals surface area contributed by atoms with Crippen LogP contribution in [0.15, 0.2) is 11.8 Å². The van der Waals surface area contributed by atoms with Crippen LogP contribution in [-0.4, -0.2) is 120 Å². The number of likely N-dealkylation sites (N-methyl/N-ethyl adjacent to an activating group) is 1. The first-order valence-corrected chi connectivity index (χ1v) is 15.1. The number of rotatable bonds is 13. The Balaban J connectivity index is 1.91. The number of carbonyl (C=O) groups is 1. The maximum Gasteiger partial charge on any atom is 0.249 e. The molecule has 2 unspecified atom stereocenters. The van der Waals surface area contributed by atoms with Gasteiger partial charge in [-0.05, 0) is 64.6 Å². The summed E-state index contributed by atoms with van der Waals surface area (Å²) >= 11 is 0. The van der Waals surface area contributed by atoms with Crippen LogP contribution in [0.4, 0.5) is 0 Å². The predicted molar refractivity (Wildman–Crippen MR) is 155 cm³/mol. The molecule has 0 spiro atoms. The second kappa shape index (κ2) is 15.5. The van der Waals surface area contributed by atoms with E-state index in [2.05, 4.69) is 10.6 Å². The third kappa shape index (κ3) is 8.18. The van der Waals surface area contributed by atoms with E-state index in [0.717, 1.165) is 0 Å². The fourth-order valence-electron chi connectivity index (χ4n) is 6.79. The summed E-state index contributed by atoms with van der Waals surface area (Å²) in [5, 5.41) is 49.1. The van der Waals surface area contributed by atoms with E-state index in [-0.39, 0.29) is 57.0 Å². The molecule has 2 fully saturated rings. The van der Waals surface area contributed by atoms with E-state index in [0.29, 0.717) is 25.0 Å². The van der Waals surface area contributed by atoms with Gasteiger partial charge in [0.1, 0.15) is 29.7 Å². The van der Waals surface area contributed by atoms with Crippen molar-refractivity contribution in [3.8, 4) is 0 Å². The zero-order chi connectivity index (χ0) is 31.2. The Bertz CT molecular complexity index is 896. The maximum atomic E-state index is 12.8. The molecule has 3 aliphatic rings. The average molecular weight is 603 g/mol. The molecule has 13 atom stereocenters. The average Bonchev–Trinajstić information content (AvgIpc) is 2.95. The maximum absolute atomic E-state index is 12.8. The number of nitrogens with two attached hydrogens (primary N) is 4. The molecule has 0 aromatic heterocycles. The molecule has 0 aromatic rings. The van der Waals surface area contributed by atoms with Crippen molar-refractivity contribution in [3.63, 3.8) is 0 Å². The van der Waals surface area contributed by atoms with Crippen LogP contribution < -0.4 is 33.6 Å². The molecule has 1 amide bonds. The molecule has 0 radical (unpaired) electrons. The molecule has 1 aliphatic carbocycles. The topological polar surface area (TPSA) is 254 Å². The Labute approximate surface area is 248 Å². The molecule has 14 nitrogen and oxygen atoms in total. The van der Waals surface area contributed by atoms with Crippen molar-refractivity contribution in [1.29, 1.82) is 0 Å². The molecule has 0 bridgehead atoms. The second-order valence-corrected chi connectivity index (χ2v) is 12.4. The van der Waals surface area contributed by atoms with Crippen LogP contribution in [0.5, 0.6) is 0 Å². The van der Waals surface area contributed by atoms with Crippen molar-refractivity contribution in [2.75, 3.05) is 33.3 Å². The van der Waals surface area contributed by atoms with Crippen molar-refractivity contribution < 1.29 is 39.4 Å². The van der Waals surface area contributed by atoms with Crippen LogP contribution in [0.3, 0.4) is 0 Å². The van der Waals surface area contributed by atoms with Gasteiger partial charge >= 0.3 is 0 Å². The second-order valence-electron chi connectivity index (χ2n) is 12.4. The quantitative estimate of drug-likeness (QED) is 0.101. The minimum absolute atomic E-state index is 0.00650. The number of hydrogen-bond donors (Lipinski definition) is 10. The van der Waals surface area contributed by atoms with Gasteiger partial charge in [0.25, 0.3) is 0 Å². The molecule has 1 saturated heterocycles. The van der Waals surface area contributed by atoms with Crippen LogP contribution >= 0.6 is 0 Å². The summed E-state index contributed by atoms with van der Waals surface area (Å²) in [6.45, 7) is 3.99. The van der Waals surface area contributed by atoms with Gasteiger partial charge in [-0.2, -0.15) is 0 Å². The van der Waals surface area contributed by atoms with E-state index >= 15 is 0 Å². The van der Waals surface area contributed by atoms with Gasteiger partial charge in [-0.25, -0.2) is 0 Å². The Morgan fingerprint density at radius 1 is 1.26 bits per heavy atom. The van der Waals surface area contributed by atoms with Gasteiger partial charge in [-0.15, -0.1) is 0 Å². The highest BCUT2D eigenvalue weighted by Crippen LogP contribution is 2.40. The molecule has 14 N–H and O–H groups in total. The largest absolute Gasteiger partial charge is 0.493 e. The number of ether oxygens (including phenoxy) is 3. The normalized spacial score (nSPS) is 40.5. The third-order valence-electron chi connectivity index (χ3n) is 9.11. The molecule has 244 valence electrons. The molecule has 2 heterocycles. The Morgan fingerprint density at radius 3 is 2.60 bits per heavy atom. The summed E-state index contributed by atoms with van der Waals surface area (Å²) in [4.78, 5) is 12.8. The molecule has 3 rings (SSSR count). The first-order valence-electron chi connectivity index (χ1n) is 15.1. The zero-order valence-corrected chi connectivity index (χ0v) is 25.1. The molecule has 42 heavy (non-hydrogen) atoms. The Kier molecular flexibility index (Phi) is 13.0. The number of aliphatic hydroxyl groups is 4. The van der Waals surface area contributed by atoms with Gasteiger partial charge in [-0.3, -0.25) is 4.79 Å². The molecule has 14 heteroatoms. The highest BCUT2D eigenvalue weighted by Gasteiger charge is 2.53. The highest BCUT2D eigenvalue weighted by atomic mass is 16.7. The first kappa shape index (κ1) is 35.1. The summed E-state index contributed by atoms with van der Waals surface area (Å²) in [7, 11) is 1.75. The van der Waals surface area contributed by atoms with Crippen LogP contribution in [-0.2, 0) is 19.0 Å². The molecule has 2 aliphatic heterocycles. The lowest BCUT2D eigenvalue weighted by atomic mass is 9.70. The number of hydrogen-bond acceptors (Lipinski definition) is 13.